The smallest absolute Gasteiger partial charge is 0.251 e. The molecule has 0 spiro atoms. The summed E-state index contributed by atoms with van der Waals surface area (Å²) in [7, 11) is 3.67. The molecule has 3 aromatic rings. The summed E-state index contributed by atoms with van der Waals surface area (Å²) in [5, 5.41) is 8.56. The Balaban J connectivity index is 1.44. The van der Waals surface area contributed by atoms with E-state index in [1.165, 1.54) is 0 Å². The number of hydrogen-bond donors (Lipinski definition) is 1. The predicted octanol–water partition coefficient (Wildman–Crippen LogP) is 2.06. The number of carbonyl (C=O) groups is 1. The van der Waals surface area contributed by atoms with Gasteiger partial charge in [0, 0.05) is 54.8 Å². The van der Waals surface area contributed by atoms with Gasteiger partial charge in [0.05, 0.1) is 38.3 Å². The first-order chi connectivity index (χ1) is 13.2. The molecule has 0 aliphatic carbocycles. The molecule has 1 aromatic carbocycles. The van der Waals surface area contributed by atoms with Crippen LogP contribution in [0.5, 0.6) is 0 Å². The minimum absolute atomic E-state index is 0.0698. The highest BCUT2D eigenvalue weighted by Gasteiger charge is 2.25. The molecule has 1 amide bonds. The Labute approximate surface area is 157 Å². The first-order valence-electron chi connectivity index (χ1n) is 9.12. The van der Waals surface area contributed by atoms with Crippen LogP contribution in [0.15, 0.2) is 36.7 Å². The molecule has 27 heavy (non-hydrogen) atoms. The van der Waals surface area contributed by atoms with Gasteiger partial charge < -0.3 is 19.4 Å². The number of rotatable bonds is 6. The highest BCUT2D eigenvalue weighted by molar-refractivity contribution is 5.98. The molecule has 7 heteroatoms. The van der Waals surface area contributed by atoms with Crippen LogP contribution in [0.3, 0.4) is 0 Å². The van der Waals surface area contributed by atoms with Gasteiger partial charge in [-0.15, -0.1) is 0 Å². The van der Waals surface area contributed by atoms with Crippen LogP contribution in [0, 0.1) is 0 Å². The maximum absolute atomic E-state index is 12.6. The highest BCUT2D eigenvalue weighted by Crippen LogP contribution is 2.26. The number of methoxy groups -OCH3 is 1. The second-order valence-electron chi connectivity index (χ2n) is 6.88. The zero-order chi connectivity index (χ0) is 18.8. The van der Waals surface area contributed by atoms with E-state index in [2.05, 4.69) is 10.4 Å². The average Bonchev–Trinajstić information content (AvgIpc) is 3.28. The Morgan fingerprint density at radius 3 is 3.15 bits per heavy atom. The third kappa shape index (κ3) is 3.48. The Hall–Kier alpha value is -2.64. The van der Waals surface area contributed by atoms with Crippen LogP contribution >= 0.6 is 0 Å². The van der Waals surface area contributed by atoms with E-state index in [-0.39, 0.29) is 11.8 Å². The number of nitrogens with zero attached hydrogens (tertiary/aromatic N) is 3. The maximum Gasteiger partial charge on any atom is 0.251 e. The largest absolute Gasteiger partial charge is 0.383 e. The van der Waals surface area contributed by atoms with Crippen molar-refractivity contribution >= 4 is 16.8 Å². The van der Waals surface area contributed by atoms with Crippen molar-refractivity contribution in [1.29, 1.82) is 0 Å². The van der Waals surface area contributed by atoms with Gasteiger partial charge in [-0.1, -0.05) is 0 Å². The average molecular weight is 368 g/mol. The van der Waals surface area contributed by atoms with E-state index < -0.39 is 0 Å². The summed E-state index contributed by atoms with van der Waals surface area (Å²) in [5.41, 5.74) is 4.00. The fourth-order valence-electron chi connectivity index (χ4n) is 3.59. The number of fused-ring (bicyclic) bond motifs is 2. The number of ether oxygens (including phenoxy) is 2. The Kier molecular flexibility index (Phi) is 4.96. The normalized spacial score (nSPS) is 16.4. The summed E-state index contributed by atoms with van der Waals surface area (Å²) in [5.74, 6) is 0.0362. The van der Waals surface area contributed by atoms with E-state index in [0.717, 1.165) is 22.2 Å². The minimum Gasteiger partial charge on any atom is -0.383 e. The number of hydrogen-bond acceptors (Lipinski definition) is 4. The van der Waals surface area contributed by atoms with Crippen molar-refractivity contribution in [2.45, 2.75) is 19.1 Å². The molecule has 1 aliphatic rings. The van der Waals surface area contributed by atoms with Crippen LogP contribution in [-0.2, 0) is 29.7 Å². The van der Waals surface area contributed by atoms with E-state index in [4.69, 9.17) is 9.47 Å². The van der Waals surface area contributed by atoms with Crippen molar-refractivity contribution in [3.63, 3.8) is 0 Å². The molecule has 0 saturated heterocycles. The van der Waals surface area contributed by atoms with E-state index in [0.29, 0.717) is 38.5 Å². The number of aromatic nitrogens is 3. The number of carbonyl (C=O) groups excluding carboxylic acids is 1. The van der Waals surface area contributed by atoms with Gasteiger partial charge in [-0.3, -0.25) is 9.48 Å². The maximum atomic E-state index is 12.6. The van der Waals surface area contributed by atoms with Crippen molar-refractivity contribution < 1.29 is 14.3 Å². The van der Waals surface area contributed by atoms with Crippen molar-refractivity contribution in [2.75, 3.05) is 26.9 Å². The van der Waals surface area contributed by atoms with Crippen molar-refractivity contribution in [3.8, 4) is 0 Å². The summed E-state index contributed by atoms with van der Waals surface area (Å²) < 4.78 is 14.8. The van der Waals surface area contributed by atoms with E-state index in [9.17, 15) is 4.79 Å². The Bertz CT molecular complexity index is 959. The van der Waals surface area contributed by atoms with Gasteiger partial charge in [-0.05, 0) is 24.3 Å². The number of amides is 1. The lowest BCUT2D eigenvalue weighted by molar-refractivity contribution is 0.0796. The van der Waals surface area contributed by atoms with Gasteiger partial charge in [0.1, 0.15) is 0 Å². The second kappa shape index (κ2) is 7.54. The number of benzene rings is 1. The minimum atomic E-state index is -0.0698. The fourth-order valence-corrected chi connectivity index (χ4v) is 3.59. The highest BCUT2D eigenvalue weighted by atomic mass is 16.5. The molecule has 4 rings (SSSR count). The molecule has 3 heterocycles. The predicted molar refractivity (Wildman–Crippen MR) is 102 cm³/mol. The van der Waals surface area contributed by atoms with Crippen molar-refractivity contribution in [2.24, 2.45) is 7.05 Å². The fraction of sp³-hybridized carbons (Fsp3) is 0.400. The molecule has 2 aromatic heterocycles. The van der Waals surface area contributed by atoms with Gasteiger partial charge in [0.25, 0.3) is 5.91 Å². The van der Waals surface area contributed by atoms with Gasteiger partial charge in [0.2, 0.25) is 0 Å². The van der Waals surface area contributed by atoms with Gasteiger partial charge in [0.15, 0.2) is 0 Å². The molecule has 1 atom stereocenters. The van der Waals surface area contributed by atoms with Crippen LogP contribution in [0.2, 0.25) is 0 Å². The zero-order valence-electron chi connectivity index (χ0n) is 15.6. The molecule has 1 unspecified atom stereocenters. The lowest BCUT2D eigenvalue weighted by Crippen LogP contribution is -2.32. The summed E-state index contributed by atoms with van der Waals surface area (Å²) >= 11 is 0. The topological polar surface area (TPSA) is 70.3 Å². The summed E-state index contributed by atoms with van der Waals surface area (Å²) in [4.78, 5) is 12.6. The SMILES string of the molecule is COCCn1ncc2c1COCC2CNC(=O)c1ccc2c(ccn2C)c1. The van der Waals surface area contributed by atoms with Crippen LogP contribution in [0.4, 0.5) is 0 Å². The van der Waals surface area contributed by atoms with Gasteiger partial charge in [-0.2, -0.15) is 5.10 Å². The zero-order valence-corrected chi connectivity index (χ0v) is 15.6. The molecule has 7 nitrogen and oxygen atoms in total. The summed E-state index contributed by atoms with van der Waals surface area (Å²) in [6.45, 7) is 2.96. The standard InChI is InChI=1S/C20H24N4O3/c1-23-6-5-14-9-15(3-4-18(14)23)20(25)21-10-16-12-27-13-19-17(16)11-22-24(19)7-8-26-2/h3-6,9,11,16H,7-8,10,12-13H2,1-2H3,(H,21,25). The molecule has 0 saturated carbocycles. The van der Waals surface area contributed by atoms with Crippen molar-refractivity contribution in [3.05, 3.63) is 53.5 Å². The molecular formula is C20H24N4O3. The summed E-state index contributed by atoms with van der Waals surface area (Å²) in [6, 6.07) is 7.78. The van der Waals surface area contributed by atoms with Crippen LogP contribution in [0.1, 0.15) is 27.5 Å². The molecule has 1 N–H and O–H groups in total. The quantitative estimate of drug-likeness (QED) is 0.723. The Morgan fingerprint density at radius 1 is 1.41 bits per heavy atom. The number of aryl methyl sites for hydroxylation is 1. The van der Waals surface area contributed by atoms with Crippen LogP contribution in [0.25, 0.3) is 10.9 Å². The van der Waals surface area contributed by atoms with Gasteiger partial charge in [-0.25, -0.2) is 0 Å². The molecule has 0 bridgehead atoms. The van der Waals surface area contributed by atoms with E-state index >= 15 is 0 Å². The third-order valence-corrected chi connectivity index (χ3v) is 5.14. The molecule has 142 valence electrons. The first-order valence-corrected chi connectivity index (χ1v) is 9.12. The monoisotopic (exact) mass is 368 g/mol. The molecule has 1 aliphatic heterocycles. The van der Waals surface area contributed by atoms with E-state index in [1.807, 2.05) is 53.0 Å². The van der Waals surface area contributed by atoms with Crippen molar-refractivity contribution in [1.82, 2.24) is 19.7 Å². The summed E-state index contributed by atoms with van der Waals surface area (Å²) in [6.07, 6.45) is 3.88. The lowest BCUT2D eigenvalue weighted by atomic mass is 9.98. The van der Waals surface area contributed by atoms with Gasteiger partial charge >= 0.3 is 0 Å². The van der Waals surface area contributed by atoms with Crippen LogP contribution in [-0.4, -0.2) is 47.1 Å². The van der Waals surface area contributed by atoms with Crippen LogP contribution < -0.4 is 5.32 Å². The first kappa shape index (κ1) is 17.8. The number of nitrogens with one attached hydrogen (secondary N) is 1. The molecule has 0 fully saturated rings. The Morgan fingerprint density at radius 2 is 2.30 bits per heavy atom. The second-order valence-corrected chi connectivity index (χ2v) is 6.88. The molecular weight excluding hydrogens is 344 g/mol. The van der Waals surface area contributed by atoms with E-state index in [1.54, 1.807) is 7.11 Å². The third-order valence-electron chi connectivity index (χ3n) is 5.14. The molecule has 0 radical (unpaired) electrons. The lowest BCUT2D eigenvalue weighted by Gasteiger charge is -2.24.